The van der Waals surface area contributed by atoms with Gasteiger partial charge in [0.15, 0.2) is 0 Å². The van der Waals surface area contributed by atoms with Crippen LogP contribution in [0.5, 0.6) is 0 Å². The monoisotopic (exact) mass is 459 g/mol. The van der Waals surface area contributed by atoms with Gasteiger partial charge in [-0.2, -0.15) is 0 Å². The summed E-state index contributed by atoms with van der Waals surface area (Å²) >= 11 is 3.28. The molecule has 0 spiro atoms. The third kappa shape index (κ3) is 3.83. The van der Waals surface area contributed by atoms with Gasteiger partial charge in [-0.05, 0) is 72.9 Å². The van der Waals surface area contributed by atoms with Gasteiger partial charge < -0.3 is 5.43 Å². The van der Waals surface area contributed by atoms with Crippen LogP contribution in [-0.2, 0) is 10.0 Å². The highest BCUT2D eigenvalue weighted by molar-refractivity contribution is 9.10. The van der Waals surface area contributed by atoms with Crippen LogP contribution >= 0.6 is 15.9 Å². The number of benzene rings is 2. The number of carbonyl (C=O) groups excluding carboxylic acids is 1. The molecule has 2 aliphatic carbocycles. The number of fused-ring (bicyclic) bond motifs is 1. The third-order valence-corrected chi connectivity index (χ3v) is 6.73. The summed E-state index contributed by atoms with van der Waals surface area (Å²) in [7, 11) is -3.69. The summed E-state index contributed by atoms with van der Waals surface area (Å²) in [6, 6.07) is 12.6. The highest BCUT2D eigenvalue weighted by atomic mass is 79.9. The summed E-state index contributed by atoms with van der Waals surface area (Å²) in [6.07, 6.45) is 6.25. The molecule has 0 heterocycles. The molecule has 2 aromatic rings. The van der Waals surface area contributed by atoms with Crippen molar-refractivity contribution in [1.29, 1.82) is 0 Å². The molecule has 1 amide bonds. The van der Waals surface area contributed by atoms with Crippen LogP contribution in [0.25, 0.3) is 0 Å². The molecule has 0 unspecified atom stereocenters. The summed E-state index contributed by atoms with van der Waals surface area (Å²) < 4.78 is 28.1. The van der Waals surface area contributed by atoms with Gasteiger partial charge in [-0.15, -0.1) is 0 Å². The van der Waals surface area contributed by atoms with E-state index in [2.05, 4.69) is 43.7 Å². The Morgan fingerprint density at radius 2 is 1.75 bits per heavy atom. The van der Waals surface area contributed by atoms with Crippen LogP contribution in [0.4, 0.5) is 5.69 Å². The maximum atomic E-state index is 12.4. The van der Waals surface area contributed by atoms with Crippen molar-refractivity contribution in [3.8, 4) is 0 Å². The molecule has 0 radical (unpaired) electrons. The van der Waals surface area contributed by atoms with Crippen LogP contribution < -0.4 is 15.6 Å². The predicted octanol–water partition coefficient (Wildman–Crippen LogP) is 3.72. The van der Waals surface area contributed by atoms with Crippen molar-refractivity contribution in [2.24, 2.45) is 5.92 Å². The van der Waals surface area contributed by atoms with Crippen LogP contribution in [0.15, 0.2) is 81.3 Å². The molecule has 0 saturated heterocycles. The number of sulfonamides is 1. The molecular weight excluding hydrogens is 442 g/mol. The van der Waals surface area contributed by atoms with Crippen molar-refractivity contribution in [3.63, 3.8) is 0 Å². The zero-order valence-corrected chi connectivity index (χ0v) is 17.2. The van der Waals surface area contributed by atoms with Crippen molar-refractivity contribution >= 4 is 37.5 Å². The molecule has 28 heavy (non-hydrogen) atoms. The average molecular weight is 460 g/mol. The number of anilines is 1. The number of carbonyl (C=O) groups is 1. The van der Waals surface area contributed by atoms with E-state index in [0.717, 1.165) is 23.0 Å². The second-order valence-corrected chi connectivity index (χ2v) is 9.29. The van der Waals surface area contributed by atoms with E-state index in [0.29, 0.717) is 17.2 Å². The van der Waals surface area contributed by atoms with Gasteiger partial charge in [0.05, 0.1) is 4.90 Å². The van der Waals surface area contributed by atoms with Crippen LogP contribution in [0, 0.1) is 5.92 Å². The number of hydrazine groups is 1. The standard InChI is InChI=1S/C20H18BrN3O3S/c21-15-6-10-17(11-7-15)28(26,27)24-16-8-4-13(5-9-16)20(25)23-22-19-12-14-2-1-3-18(14)19/h1,3-11,14,22,24H,2,12H2,(H,23,25)/t14-/m1/s1. The minimum Gasteiger partial charge on any atom is -0.302 e. The molecule has 144 valence electrons. The van der Waals surface area contributed by atoms with Crippen molar-refractivity contribution in [1.82, 2.24) is 10.9 Å². The first kappa shape index (κ1) is 18.8. The Labute approximate surface area is 171 Å². The Balaban J connectivity index is 1.38. The summed E-state index contributed by atoms with van der Waals surface area (Å²) in [5.41, 5.74) is 8.80. The Morgan fingerprint density at radius 3 is 2.43 bits per heavy atom. The second-order valence-electron chi connectivity index (χ2n) is 6.69. The van der Waals surface area contributed by atoms with E-state index in [1.165, 1.54) is 17.7 Å². The van der Waals surface area contributed by atoms with Gasteiger partial charge in [-0.25, -0.2) is 8.42 Å². The molecule has 2 aliphatic rings. The minimum absolute atomic E-state index is 0.163. The third-order valence-electron chi connectivity index (χ3n) is 4.81. The van der Waals surface area contributed by atoms with E-state index in [1.807, 2.05) is 0 Å². The van der Waals surface area contributed by atoms with E-state index in [1.54, 1.807) is 36.4 Å². The van der Waals surface area contributed by atoms with E-state index < -0.39 is 10.0 Å². The quantitative estimate of drug-likeness (QED) is 0.574. The maximum absolute atomic E-state index is 12.4. The Morgan fingerprint density at radius 1 is 1.04 bits per heavy atom. The zero-order chi connectivity index (χ0) is 19.7. The smallest absolute Gasteiger partial charge is 0.269 e. The number of hydrogen-bond acceptors (Lipinski definition) is 4. The number of nitrogens with one attached hydrogen (secondary N) is 3. The molecule has 0 bridgehead atoms. The number of amides is 1. The fourth-order valence-corrected chi connectivity index (χ4v) is 4.56. The highest BCUT2D eigenvalue weighted by Gasteiger charge is 2.30. The molecule has 0 saturated carbocycles. The van der Waals surface area contributed by atoms with E-state index in [9.17, 15) is 13.2 Å². The predicted molar refractivity (Wildman–Crippen MR) is 111 cm³/mol. The lowest BCUT2D eigenvalue weighted by Crippen LogP contribution is -2.40. The summed E-state index contributed by atoms with van der Waals surface area (Å²) in [5, 5.41) is 0. The van der Waals surface area contributed by atoms with Crippen molar-refractivity contribution in [2.45, 2.75) is 17.7 Å². The first-order valence-electron chi connectivity index (χ1n) is 8.77. The van der Waals surface area contributed by atoms with Crippen molar-refractivity contribution in [3.05, 3.63) is 82.0 Å². The zero-order valence-electron chi connectivity index (χ0n) is 14.8. The Bertz CT molecular complexity index is 1070. The number of rotatable bonds is 6. The molecule has 3 N–H and O–H groups in total. The lowest BCUT2D eigenvalue weighted by molar-refractivity contribution is 0.0936. The SMILES string of the molecule is O=C(NNC1=C2C=CC[C@@H]2C1)c1ccc(NS(=O)(=O)c2ccc(Br)cc2)cc1. The van der Waals surface area contributed by atoms with Crippen molar-refractivity contribution in [2.75, 3.05) is 4.72 Å². The Hall–Kier alpha value is -2.58. The van der Waals surface area contributed by atoms with Crippen molar-refractivity contribution < 1.29 is 13.2 Å². The fourth-order valence-electron chi connectivity index (χ4n) is 3.24. The topological polar surface area (TPSA) is 87.3 Å². The molecule has 0 fully saturated rings. The number of halogens is 1. The van der Waals surface area contributed by atoms with Crippen LogP contribution in [0.1, 0.15) is 23.2 Å². The Kier molecular flexibility index (Phi) is 4.99. The molecule has 8 heteroatoms. The van der Waals surface area contributed by atoms with Crippen LogP contribution in [0.3, 0.4) is 0 Å². The highest BCUT2D eigenvalue weighted by Crippen LogP contribution is 2.40. The van der Waals surface area contributed by atoms with Crippen LogP contribution in [0.2, 0.25) is 0 Å². The fraction of sp³-hybridized carbons (Fsp3) is 0.150. The summed E-state index contributed by atoms with van der Waals surface area (Å²) in [5.74, 6) is 0.318. The normalized spacial score (nSPS) is 17.7. The maximum Gasteiger partial charge on any atom is 0.269 e. The lowest BCUT2D eigenvalue weighted by atomic mass is 9.84. The summed E-state index contributed by atoms with van der Waals surface area (Å²) in [4.78, 5) is 12.4. The van der Waals surface area contributed by atoms with Gasteiger partial charge in [-0.1, -0.05) is 28.1 Å². The molecule has 0 aromatic heterocycles. The van der Waals surface area contributed by atoms with Gasteiger partial charge in [0.2, 0.25) is 0 Å². The van der Waals surface area contributed by atoms with Gasteiger partial charge in [0.25, 0.3) is 15.9 Å². The van der Waals surface area contributed by atoms with E-state index in [4.69, 9.17) is 0 Å². The molecular formula is C20H18BrN3O3S. The lowest BCUT2D eigenvalue weighted by Gasteiger charge is -2.28. The van der Waals surface area contributed by atoms with Gasteiger partial charge in [-0.3, -0.25) is 14.9 Å². The largest absolute Gasteiger partial charge is 0.302 e. The van der Waals surface area contributed by atoms with E-state index >= 15 is 0 Å². The average Bonchev–Trinajstić information content (AvgIpc) is 3.03. The molecule has 2 aromatic carbocycles. The molecule has 4 rings (SSSR count). The minimum atomic E-state index is -3.69. The molecule has 0 aliphatic heterocycles. The molecule has 6 nitrogen and oxygen atoms in total. The number of hydrogen-bond donors (Lipinski definition) is 3. The number of allylic oxidation sites excluding steroid dienone is 4. The van der Waals surface area contributed by atoms with Gasteiger partial charge in [0, 0.05) is 21.4 Å². The first-order chi connectivity index (χ1) is 13.4. The van der Waals surface area contributed by atoms with E-state index in [-0.39, 0.29) is 10.8 Å². The molecule has 1 atom stereocenters. The first-order valence-corrected chi connectivity index (χ1v) is 11.0. The second kappa shape index (κ2) is 7.44. The van der Waals surface area contributed by atoms with Crippen LogP contribution in [-0.4, -0.2) is 14.3 Å². The van der Waals surface area contributed by atoms with Gasteiger partial charge >= 0.3 is 0 Å². The van der Waals surface area contributed by atoms with Gasteiger partial charge in [0.1, 0.15) is 0 Å². The summed E-state index contributed by atoms with van der Waals surface area (Å²) in [6.45, 7) is 0.